The van der Waals surface area contributed by atoms with Crippen LogP contribution in [0.2, 0.25) is 0 Å². The Morgan fingerprint density at radius 3 is 2.00 bits per heavy atom. The summed E-state index contributed by atoms with van der Waals surface area (Å²) in [6.45, 7) is 7.67. The lowest BCUT2D eigenvalue weighted by Crippen LogP contribution is -2.31. The minimum Gasteiger partial charge on any atom is -0.416 e. The molecule has 0 radical (unpaired) electrons. The molecule has 1 aromatic heterocycles. The van der Waals surface area contributed by atoms with Crippen molar-refractivity contribution in [2.45, 2.75) is 33.6 Å². The first-order chi connectivity index (χ1) is 13.1. The molecule has 0 atom stereocenters. The molecule has 5 heteroatoms. The van der Waals surface area contributed by atoms with E-state index in [0.29, 0.717) is 23.9 Å². The van der Waals surface area contributed by atoms with Gasteiger partial charge >= 0.3 is 0 Å². The Bertz CT molecular complexity index is 883. The van der Waals surface area contributed by atoms with Crippen molar-refractivity contribution in [3.8, 4) is 22.9 Å². The molecule has 2 aromatic carbocycles. The summed E-state index contributed by atoms with van der Waals surface area (Å²) >= 11 is 0. The first kappa shape index (κ1) is 18.8. The van der Waals surface area contributed by atoms with Crippen LogP contribution in [0, 0.1) is 6.92 Å². The lowest BCUT2D eigenvalue weighted by Gasteiger charge is -2.20. The van der Waals surface area contributed by atoms with Gasteiger partial charge in [-0.1, -0.05) is 31.0 Å². The highest BCUT2D eigenvalue weighted by Crippen LogP contribution is 2.24. The lowest BCUT2D eigenvalue weighted by molar-refractivity contribution is 0.0762. The summed E-state index contributed by atoms with van der Waals surface area (Å²) in [6, 6.07) is 15.3. The van der Waals surface area contributed by atoms with Crippen LogP contribution in [0.15, 0.2) is 52.9 Å². The largest absolute Gasteiger partial charge is 0.416 e. The van der Waals surface area contributed by atoms with Crippen molar-refractivity contribution in [2.75, 3.05) is 13.1 Å². The number of unbranched alkanes of at least 4 members (excludes halogenated alkanes) is 1. The van der Waals surface area contributed by atoms with Crippen molar-refractivity contribution in [3.05, 3.63) is 59.7 Å². The summed E-state index contributed by atoms with van der Waals surface area (Å²) in [5.74, 6) is 0.994. The van der Waals surface area contributed by atoms with Gasteiger partial charge < -0.3 is 9.32 Å². The molecule has 0 spiro atoms. The van der Waals surface area contributed by atoms with Crippen LogP contribution in [-0.2, 0) is 0 Å². The summed E-state index contributed by atoms with van der Waals surface area (Å²) in [5.41, 5.74) is 3.54. The molecule has 0 saturated heterocycles. The fourth-order valence-electron chi connectivity index (χ4n) is 2.84. The zero-order valence-corrected chi connectivity index (χ0v) is 16.1. The van der Waals surface area contributed by atoms with E-state index in [1.807, 2.05) is 67.3 Å². The molecule has 0 aliphatic rings. The summed E-state index contributed by atoms with van der Waals surface area (Å²) in [4.78, 5) is 14.5. The van der Waals surface area contributed by atoms with Crippen LogP contribution in [-0.4, -0.2) is 34.1 Å². The number of rotatable bonds is 7. The van der Waals surface area contributed by atoms with Gasteiger partial charge in [-0.05, 0) is 56.7 Å². The van der Waals surface area contributed by atoms with Gasteiger partial charge in [0, 0.05) is 29.8 Å². The van der Waals surface area contributed by atoms with Gasteiger partial charge in [-0.2, -0.15) is 0 Å². The number of carbonyl (C=O) groups is 1. The van der Waals surface area contributed by atoms with Crippen LogP contribution in [0.1, 0.15) is 42.6 Å². The number of benzene rings is 2. The molecule has 0 N–H and O–H groups in total. The number of hydrogen-bond acceptors (Lipinski definition) is 4. The highest BCUT2D eigenvalue weighted by molar-refractivity contribution is 5.94. The maximum Gasteiger partial charge on any atom is 0.253 e. The molecule has 27 heavy (non-hydrogen) atoms. The Labute approximate surface area is 160 Å². The Hall–Kier alpha value is -2.95. The van der Waals surface area contributed by atoms with E-state index in [0.717, 1.165) is 30.5 Å². The summed E-state index contributed by atoms with van der Waals surface area (Å²) in [7, 11) is 0. The highest BCUT2D eigenvalue weighted by Gasteiger charge is 2.15. The van der Waals surface area contributed by atoms with Gasteiger partial charge in [0.15, 0.2) is 0 Å². The first-order valence-corrected chi connectivity index (χ1v) is 9.42. The van der Waals surface area contributed by atoms with Crippen molar-refractivity contribution < 1.29 is 9.21 Å². The van der Waals surface area contributed by atoms with Gasteiger partial charge in [0.05, 0.1) is 0 Å². The molecule has 0 aliphatic heterocycles. The number of carbonyl (C=O) groups excluding carboxylic acids is 1. The van der Waals surface area contributed by atoms with E-state index in [9.17, 15) is 4.79 Å². The van der Waals surface area contributed by atoms with Crippen LogP contribution < -0.4 is 0 Å². The van der Waals surface area contributed by atoms with Crippen LogP contribution in [0.3, 0.4) is 0 Å². The average molecular weight is 363 g/mol. The van der Waals surface area contributed by atoms with Crippen LogP contribution >= 0.6 is 0 Å². The Morgan fingerprint density at radius 1 is 0.926 bits per heavy atom. The normalized spacial score (nSPS) is 10.8. The molecule has 1 heterocycles. The molecule has 0 aliphatic carbocycles. The highest BCUT2D eigenvalue weighted by atomic mass is 16.4. The topological polar surface area (TPSA) is 59.2 Å². The zero-order chi connectivity index (χ0) is 19.2. The molecule has 140 valence electrons. The predicted octanol–water partition coefficient (Wildman–Crippen LogP) is 4.97. The minimum atomic E-state index is 0.0587. The SMILES string of the molecule is CCCCN(CC)C(=O)c1ccc(-c2nnc(-c3ccc(C)cc3)o2)cc1. The monoisotopic (exact) mass is 363 g/mol. The van der Waals surface area contributed by atoms with Crippen molar-refractivity contribution in [3.63, 3.8) is 0 Å². The van der Waals surface area contributed by atoms with Crippen LogP contribution in [0.25, 0.3) is 22.9 Å². The zero-order valence-electron chi connectivity index (χ0n) is 16.1. The van der Waals surface area contributed by atoms with Crippen LogP contribution in [0.4, 0.5) is 0 Å². The van der Waals surface area contributed by atoms with Gasteiger partial charge in [-0.3, -0.25) is 4.79 Å². The second-order valence-electron chi connectivity index (χ2n) is 6.59. The van der Waals surface area contributed by atoms with E-state index in [4.69, 9.17) is 4.42 Å². The Morgan fingerprint density at radius 2 is 1.48 bits per heavy atom. The van der Waals surface area contributed by atoms with E-state index in [1.165, 1.54) is 5.56 Å². The molecule has 0 bridgehead atoms. The molecular formula is C22H25N3O2. The molecule has 0 fully saturated rings. The maximum absolute atomic E-state index is 12.6. The van der Waals surface area contributed by atoms with E-state index in [1.54, 1.807) is 0 Å². The lowest BCUT2D eigenvalue weighted by atomic mass is 10.1. The summed E-state index contributed by atoms with van der Waals surface area (Å²) in [5, 5.41) is 8.27. The number of nitrogens with zero attached hydrogens (tertiary/aromatic N) is 3. The fraction of sp³-hybridized carbons (Fsp3) is 0.318. The van der Waals surface area contributed by atoms with E-state index < -0.39 is 0 Å². The summed E-state index contributed by atoms with van der Waals surface area (Å²) < 4.78 is 5.80. The molecule has 3 aromatic rings. The average Bonchev–Trinajstić information content (AvgIpc) is 3.19. The van der Waals surface area contributed by atoms with Gasteiger partial charge in [0.2, 0.25) is 11.8 Å². The molecule has 3 rings (SSSR count). The number of aryl methyl sites for hydroxylation is 1. The first-order valence-electron chi connectivity index (χ1n) is 9.42. The molecular weight excluding hydrogens is 338 g/mol. The predicted molar refractivity (Wildman–Crippen MR) is 106 cm³/mol. The van der Waals surface area contributed by atoms with Crippen LogP contribution in [0.5, 0.6) is 0 Å². The van der Waals surface area contributed by atoms with Gasteiger partial charge in [-0.15, -0.1) is 10.2 Å². The number of hydrogen-bond donors (Lipinski definition) is 0. The third kappa shape index (κ3) is 4.42. The van der Waals surface area contributed by atoms with Crippen molar-refractivity contribution in [1.82, 2.24) is 15.1 Å². The molecule has 1 amide bonds. The van der Waals surface area contributed by atoms with E-state index in [2.05, 4.69) is 17.1 Å². The van der Waals surface area contributed by atoms with Crippen molar-refractivity contribution in [2.24, 2.45) is 0 Å². The Kier molecular flexibility index (Phi) is 6.01. The molecule has 5 nitrogen and oxygen atoms in total. The van der Waals surface area contributed by atoms with Gasteiger partial charge in [0.1, 0.15) is 0 Å². The number of amides is 1. The van der Waals surface area contributed by atoms with Crippen molar-refractivity contribution >= 4 is 5.91 Å². The molecule has 0 unspecified atom stereocenters. The minimum absolute atomic E-state index is 0.0587. The second kappa shape index (κ2) is 8.62. The standard InChI is InChI=1S/C22H25N3O2/c1-4-6-15-25(5-2)22(26)19-13-11-18(12-14-19)21-24-23-20(27-21)17-9-7-16(3)8-10-17/h7-14H,4-6,15H2,1-3H3. The van der Waals surface area contributed by atoms with Gasteiger partial charge in [-0.25, -0.2) is 0 Å². The summed E-state index contributed by atoms with van der Waals surface area (Å²) in [6.07, 6.45) is 2.09. The smallest absolute Gasteiger partial charge is 0.253 e. The fourth-order valence-corrected chi connectivity index (χ4v) is 2.84. The van der Waals surface area contributed by atoms with E-state index in [-0.39, 0.29) is 5.91 Å². The third-order valence-corrected chi connectivity index (χ3v) is 4.55. The Balaban J connectivity index is 1.75. The van der Waals surface area contributed by atoms with E-state index >= 15 is 0 Å². The number of aromatic nitrogens is 2. The second-order valence-corrected chi connectivity index (χ2v) is 6.59. The van der Waals surface area contributed by atoms with Crippen molar-refractivity contribution in [1.29, 1.82) is 0 Å². The quantitative estimate of drug-likeness (QED) is 0.594. The van der Waals surface area contributed by atoms with Gasteiger partial charge in [0.25, 0.3) is 5.91 Å². The molecule has 0 saturated carbocycles. The third-order valence-electron chi connectivity index (χ3n) is 4.55. The maximum atomic E-state index is 12.6.